The number of benzene rings is 2. The molecular weight excluding hydrogens is 420 g/mol. The molecule has 1 aliphatic heterocycles. The number of amides is 2. The van der Waals surface area contributed by atoms with E-state index in [0.717, 1.165) is 23.3 Å². The summed E-state index contributed by atoms with van der Waals surface area (Å²) in [5, 5.41) is 3.11. The van der Waals surface area contributed by atoms with Crippen LogP contribution < -0.4 is 5.32 Å². The molecule has 166 valence electrons. The highest BCUT2D eigenvalue weighted by molar-refractivity contribution is 8.00. The van der Waals surface area contributed by atoms with Crippen molar-refractivity contribution >= 4 is 23.6 Å². The first-order chi connectivity index (χ1) is 15.5. The molecule has 2 heterocycles. The van der Waals surface area contributed by atoms with Gasteiger partial charge in [-0.2, -0.15) is 0 Å². The number of hydrogen-bond donors (Lipinski definition) is 1. The topological polar surface area (TPSA) is 62.6 Å². The fourth-order valence-corrected chi connectivity index (χ4v) is 5.14. The molecule has 1 aromatic heterocycles. The SMILES string of the molecule is CC(C)C[C@H](NC(=O)c1ccc([C@H]2SCC(=O)N2Cc2ccco2)cc1)c1ccccc1. The van der Waals surface area contributed by atoms with Gasteiger partial charge in [0, 0.05) is 5.56 Å². The van der Waals surface area contributed by atoms with E-state index >= 15 is 0 Å². The Labute approximate surface area is 193 Å². The average molecular weight is 449 g/mol. The number of carbonyl (C=O) groups excluding carboxylic acids is 2. The quantitative estimate of drug-likeness (QED) is 0.489. The normalized spacial score (nSPS) is 17.0. The van der Waals surface area contributed by atoms with Gasteiger partial charge in [0.2, 0.25) is 5.91 Å². The van der Waals surface area contributed by atoms with Crippen molar-refractivity contribution in [3.8, 4) is 0 Å². The number of thioether (sulfide) groups is 1. The van der Waals surface area contributed by atoms with Gasteiger partial charge in [-0.1, -0.05) is 56.3 Å². The summed E-state index contributed by atoms with van der Waals surface area (Å²) < 4.78 is 5.42. The molecule has 0 bridgehead atoms. The number of hydrogen-bond acceptors (Lipinski definition) is 4. The molecule has 0 saturated carbocycles. The largest absolute Gasteiger partial charge is 0.467 e. The van der Waals surface area contributed by atoms with E-state index in [0.29, 0.717) is 23.8 Å². The predicted molar refractivity (Wildman–Crippen MR) is 127 cm³/mol. The van der Waals surface area contributed by atoms with E-state index in [4.69, 9.17) is 4.42 Å². The maximum Gasteiger partial charge on any atom is 0.251 e. The van der Waals surface area contributed by atoms with E-state index in [-0.39, 0.29) is 23.2 Å². The number of carbonyl (C=O) groups is 2. The second kappa shape index (κ2) is 10.1. The van der Waals surface area contributed by atoms with Crippen molar-refractivity contribution in [2.45, 2.75) is 38.2 Å². The molecule has 1 saturated heterocycles. The van der Waals surface area contributed by atoms with Crippen LogP contribution in [0.3, 0.4) is 0 Å². The Morgan fingerprint density at radius 1 is 1.09 bits per heavy atom. The molecule has 2 aromatic carbocycles. The monoisotopic (exact) mass is 448 g/mol. The Kier molecular flexibility index (Phi) is 7.00. The number of rotatable bonds is 8. The van der Waals surface area contributed by atoms with E-state index in [1.54, 1.807) is 18.0 Å². The standard InChI is InChI=1S/C26H28N2O3S/c1-18(2)15-23(19-7-4-3-5-8-19)27-25(30)20-10-12-21(13-11-20)26-28(24(29)17-32-26)16-22-9-6-14-31-22/h3-14,18,23,26H,15-17H2,1-2H3,(H,27,30)/t23-,26+/m0/s1. The summed E-state index contributed by atoms with van der Waals surface area (Å²) in [6, 6.07) is 21.3. The van der Waals surface area contributed by atoms with Gasteiger partial charge >= 0.3 is 0 Å². The van der Waals surface area contributed by atoms with Crippen molar-refractivity contribution in [1.82, 2.24) is 10.2 Å². The van der Waals surface area contributed by atoms with Gasteiger partial charge in [0.05, 0.1) is 24.6 Å². The van der Waals surface area contributed by atoms with Crippen LogP contribution in [0, 0.1) is 5.92 Å². The Morgan fingerprint density at radius 3 is 2.50 bits per heavy atom. The van der Waals surface area contributed by atoms with Crippen molar-refractivity contribution < 1.29 is 14.0 Å². The molecule has 1 aliphatic rings. The minimum absolute atomic E-state index is 0.0322. The molecule has 3 aromatic rings. The maximum atomic E-state index is 13.0. The molecule has 2 amide bonds. The van der Waals surface area contributed by atoms with E-state index in [1.165, 1.54) is 0 Å². The molecule has 0 radical (unpaired) electrons. The number of furan rings is 1. The minimum atomic E-state index is -0.0892. The molecule has 32 heavy (non-hydrogen) atoms. The third-order valence-corrected chi connectivity index (χ3v) is 6.80. The van der Waals surface area contributed by atoms with Gasteiger partial charge in [-0.15, -0.1) is 11.8 Å². The van der Waals surface area contributed by atoms with E-state index in [2.05, 4.69) is 31.3 Å². The Balaban J connectivity index is 1.46. The highest BCUT2D eigenvalue weighted by Crippen LogP contribution is 2.39. The van der Waals surface area contributed by atoms with Crippen LogP contribution in [0.4, 0.5) is 0 Å². The fraction of sp³-hybridized carbons (Fsp3) is 0.308. The second-order valence-electron chi connectivity index (χ2n) is 8.45. The molecule has 1 fully saturated rings. The van der Waals surface area contributed by atoms with Crippen LogP contribution in [-0.4, -0.2) is 22.5 Å². The third kappa shape index (κ3) is 5.25. The summed E-state index contributed by atoms with van der Waals surface area (Å²) in [5.41, 5.74) is 2.73. The number of nitrogens with one attached hydrogen (secondary N) is 1. The van der Waals surface area contributed by atoms with Crippen LogP contribution >= 0.6 is 11.8 Å². The smallest absolute Gasteiger partial charge is 0.251 e. The molecule has 0 unspecified atom stereocenters. The van der Waals surface area contributed by atoms with Crippen LogP contribution in [0.15, 0.2) is 77.4 Å². The summed E-state index contributed by atoms with van der Waals surface area (Å²) in [6.07, 6.45) is 2.49. The van der Waals surface area contributed by atoms with Crippen molar-refractivity contribution in [2.24, 2.45) is 5.92 Å². The van der Waals surface area contributed by atoms with E-state index in [9.17, 15) is 9.59 Å². The zero-order valence-electron chi connectivity index (χ0n) is 18.4. The Morgan fingerprint density at radius 2 is 1.84 bits per heavy atom. The maximum absolute atomic E-state index is 13.0. The highest BCUT2D eigenvalue weighted by atomic mass is 32.2. The van der Waals surface area contributed by atoms with Gasteiger partial charge in [0.1, 0.15) is 11.1 Å². The summed E-state index contributed by atoms with van der Waals surface area (Å²) in [7, 11) is 0. The molecule has 1 N–H and O–H groups in total. The van der Waals surface area contributed by atoms with Gasteiger partial charge in [-0.3, -0.25) is 9.59 Å². The van der Waals surface area contributed by atoms with Crippen molar-refractivity contribution in [1.29, 1.82) is 0 Å². The fourth-order valence-electron chi connectivity index (χ4n) is 3.95. The molecule has 2 atom stereocenters. The molecule has 5 nitrogen and oxygen atoms in total. The molecule has 4 rings (SSSR count). The lowest BCUT2D eigenvalue weighted by molar-refractivity contribution is -0.128. The minimum Gasteiger partial charge on any atom is -0.467 e. The van der Waals surface area contributed by atoms with Crippen molar-refractivity contribution in [3.63, 3.8) is 0 Å². The van der Waals surface area contributed by atoms with Crippen LogP contribution in [0.2, 0.25) is 0 Å². The second-order valence-corrected chi connectivity index (χ2v) is 9.52. The molecule has 0 aliphatic carbocycles. The van der Waals surface area contributed by atoms with Crippen molar-refractivity contribution in [2.75, 3.05) is 5.75 Å². The van der Waals surface area contributed by atoms with Gasteiger partial charge in [-0.05, 0) is 47.7 Å². The number of nitrogens with zero attached hydrogens (tertiary/aromatic N) is 1. The zero-order valence-corrected chi connectivity index (χ0v) is 19.2. The molecule has 6 heteroatoms. The first-order valence-electron chi connectivity index (χ1n) is 10.9. The highest BCUT2D eigenvalue weighted by Gasteiger charge is 2.33. The van der Waals surface area contributed by atoms with Crippen molar-refractivity contribution in [3.05, 3.63) is 95.4 Å². The average Bonchev–Trinajstić information content (AvgIpc) is 3.44. The lowest BCUT2D eigenvalue weighted by Crippen LogP contribution is -2.29. The van der Waals surface area contributed by atoms with Crippen LogP contribution in [0.25, 0.3) is 0 Å². The molecule has 0 spiro atoms. The summed E-state index contributed by atoms with van der Waals surface area (Å²) >= 11 is 1.60. The third-order valence-electron chi connectivity index (χ3n) is 5.55. The van der Waals surface area contributed by atoms with Crippen LogP contribution in [0.5, 0.6) is 0 Å². The van der Waals surface area contributed by atoms with Gasteiger partial charge in [-0.25, -0.2) is 0 Å². The van der Waals surface area contributed by atoms with Gasteiger partial charge < -0.3 is 14.6 Å². The summed E-state index contributed by atoms with van der Waals surface area (Å²) in [4.78, 5) is 27.2. The first kappa shape index (κ1) is 22.2. The Bertz CT molecular complexity index is 1030. The van der Waals surface area contributed by atoms with Gasteiger partial charge in [0.15, 0.2) is 0 Å². The first-order valence-corrected chi connectivity index (χ1v) is 12.0. The van der Waals surface area contributed by atoms with E-state index < -0.39 is 0 Å². The lowest BCUT2D eigenvalue weighted by atomic mass is 9.96. The van der Waals surface area contributed by atoms with Crippen LogP contribution in [-0.2, 0) is 11.3 Å². The van der Waals surface area contributed by atoms with Gasteiger partial charge in [0.25, 0.3) is 5.91 Å². The predicted octanol–water partition coefficient (Wildman–Crippen LogP) is 5.57. The summed E-state index contributed by atoms with van der Waals surface area (Å²) in [5.74, 6) is 1.67. The zero-order chi connectivity index (χ0) is 22.5. The summed E-state index contributed by atoms with van der Waals surface area (Å²) in [6.45, 7) is 4.76. The van der Waals surface area contributed by atoms with E-state index in [1.807, 2.05) is 59.5 Å². The van der Waals surface area contributed by atoms with Crippen LogP contribution in [0.1, 0.15) is 58.9 Å². The Hall–Kier alpha value is -2.99. The lowest BCUT2D eigenvalue weighted by Gasteiger charge is -2.24. The molecular formula is C26H28N2O3S.